The van der Waals surface area contributed by atoms with E-state index in [9.17, 15) is 4.79 Å². The Kier molecular flexibility index (Phi) is 10.3. The van der Waals surface area contributed by atoms with Crippen molar-refractivity contribution < 1.29 is 9.90 Å². The van der Waals surface area contributed by atoms with Crippen LogP contribution in [-0.2, 0) is 4.79 Å². The van der Waals surface area contributed by atoms with Crippen LogP contribution in [0.5, 0.6) is 0 Å². The Morgan fingerprint density at radius 3 is 2.00 bits per heavy atom. The molecule has 0 fully saturated rings. The van der Waals surface area contributed by atoms with Gasteiger partial charge in [0.1, 0.15) is 0 Å². The number of nitriles is 1. The lowest BCUT2D eigenvalue weighted by Gasteiger charge is -2.17. The number of nitrogens with zero attached hydrogens (tertiary/aromatic N) is 1. The second-order valence-corrected chi connectivity index (χ2v) is 5.15. The molecule has 0 spiro atoms. The van der Waals surface area contributed by atoms with Crippen molar-refractivity contribution in [1.82, 2.24) is 0 Å². The summed E-state index contributed by atoms with van der Waals surface area (Å²) in [4.78, 5) is 10.7. The van der Waals surface area contributed by atoms with Gasteiger partial charge in [0.2, 0.25) is 0 Å². The quantitative estimate of drug-likeness (QED) is 0.540. The Morgan fingerprint density at radius 2 is 1.93 bits per heavy atom. The molecule has 1 atom stereocenters. The molecule has 0 aliphatic heterocycles. The van der Waals surface area contributed by atoms with E-state index in [0.717, 1.165) is 6.42 Å². The van der Waals surface area contributed by atoms with Gasteiger partial charge in [0.15, 0.2) is 5.41 Å². The fourth-order valence-electron chi connectivity index (χ4n) is 1.04. The van der Waals surface area contributed by atoms with Gasteiger partial charge >= 0.3 is 5.97 Å². The van der Waals surface area contributed by atoms with Gasteiger partial charge in [-0.3, -0.25) is 4.79 Å². The van der Waals surface area contributed by atoms with Crippen LogP contribution in [0, 0.1) is 16.7 Å². The molecule has 0 heterocycles. The monoisotopic (exact) mass is 265 g/mol. The van der Waals surface area contributed by atoms with Crippen LogP contribution in [0.1, 0.15) is 33.1 Å². The average molecular weight is 265 g/mol. The Hall–Kier alpha value is -0.250. The highest BCUT2D eigenvalue weighted by Gasteiger charge is 2.35. The highest BCUT2D eigenvalue weighted by molar-refractivity contribution is 8.34. The number of thiol groups is 2. The van der Waals surface area contributed by atoms with Crippen molar-refractivity contribution >= 4 is 47.0 Å². The minimum Gasteiger partial charge on any atom is -0.480 e. The van der Waals surface area contributed by atoms with E-state index >= 15 is 0 Å². The van der Waals surface area contributed by atoms with Crippen LogP contribution >= 0.6 is 37.5 Å². The topological polar surface area (TPSA) is 61.1 Å². The number of carboxylic acid groups (broad SMARTS) is 1. The molecule has 0 amide bonds. The number of hydrogen-bond acceptors (Lipinski definition) is 3. The summed E-state index contributed by atoms with van der Waals surface area (Å²) in [6.07, 6.45) is 1.55. The molecule has 1 N–H and O–H groups in total. The van der Waals surface area contributed by atoms with Crippen molar-refractivity contribution in [2.24, 2.45) is 5.41 Å². The zero-order valence-electron chi connectivity index (χ0n) is 8.73. The first kappa shape index (κ1) is 17.2. The summed E-state index contributed by atoms with van der Waals surface area (Å²) in [5, 5.41) is 17.4. The number of thiocarbonyl (C=S) groups is 1. The van der Waals surface area contributed by atoms with Crippen LogP contribution < -0.4 is 0 Å². The fourth-order valence-corrected chi connectivity index (χ4v) is 1.04. The predicted octanol–water partition coefficient (Wildman–Crippen LogP) is 2.92. The molecule has 0 aromatic rings. The maximum Gasteiger partial charge on any atom is 0.324 e. The summed E-state index contributed by atoms with van der Waals surface area (Å²) in [5.41, 5.74) is -1.14. The minimum absolute atomic E-state index is 0.382. The van der Waals surface area contributed by atoms with Crippen molar-refractivity contribution in [2.75, 3.05) is 0 Å². The van der Waals surface area contributed by atoms with E-state index in [4.69, 9.17) is 10.4 Å². The second-order valence-electron chi connectivity index (χ2n) is 2.89. The van der Waals surface area contributed by atoms with Crippen LogP contribution in [0.25, 0.3) is 0 Å². The number of hydrogen-bond donors (Lipinski definition) is 3. The maximum atomic E-state index is 10.7. The molecule has 6 heteroatoms. The van der Waals surface area contributed by atoms with Gasteiger partial charge in [-0.2, -0.15) is 5.26 Å². The summed E-state index contributed by atoms with van der Waals surface area (Å²) < 4.78 is 0.389. The zero-order chi connectivity index (χ0) is 12.5. The van der Waals surface area contributed by atoms with E-state index in [0.29, 0.717) is 16.4 Å². The molecule has 0 rings (SSSR count). The molecule has 0 aromatic carbocycles. The molecule has 15 heavy (non-hydrogen) atoms. The first-order valence-corrected chi connectivity index (χ1v) is 5.73. The first-order chi connectivity index (χ1) is 6.86. The summed E-state index contributed by atoms with van der Waals surface area (Å²) >= 11 is 11.4. The van der Waals surface area contributed by atoms with Crippen LogP contribution in [0.3, 0.4) is 0 Å². The van der Waals surface area contributed by atoms with Crippen LogP contribution in [0.2, 0.25) is 0 Å². The summed E-state index contributed by atoms with van der Waals surface area (Å²) in [7, 11) is 0. The molecule has 0 aliphatic rings. The third-order valence-electron chi connectivity index (χ3n) is 1.90. The van der Waals surface area contributed by atoms with Crippen LogP contribution in [0.15, 0.2) is 0 Å². The third-order valence-corrected chi connectivity index (χ3v) is 1.90. The average Bonchev–Trinajstić information content (AvgIpc) is 2.13. The van der Waals surface area contributed by atoms with E-state index in [1.165, 1.54) is 0 Å². The molecule has 3 nitrogen and oxygen atoms in total. The van der Waals surface area contributed by atoms with Crippen molar-refractivity contribution in [3.05, 3.63) is 0 Å². The standard InChI is InChI=1S/C8H13NO2.CH2S3/c1-3-5-8(4-2,6-9)7(10)11;2-1(3)4/h3-5H2,1-2H3,(H,10,11);(H2,2,3,4). The molecule has 86 valence electrons. The van der Waals surface area contributed by atoms with Gasteiger partial charge in [-0.1, -0.05) is 32.5 Å². The van der Waals surface area contributed by atoms with E-state index in [1.54, 1.807) is 6.92 Å². The zero-order valence-corrected chi connectivity index (χ0v) is 11.3. The van der Waals surface area contributed by atoms with Crippen molar-refractivity contribution in [3.8, 4) is 6.07 Å². The second kappa shape index (κ2) is 9.01. The highest BCUT2D eigenvalue weighted by Crippen LogP contribution is 2.27. The van der Waals surface area contributed by atoms with Gasteiger partial charge < -0.3 is 5.11 Å². The SMILES string of the molecule is CCCC(C#N)(CC)C(=O)O.S=C(S)S. The lowest BCUT2D eigenvalue weighted by Crippen LogP contribution is -2.28. The fraction of sp³-hybridized carbons (Fsp3) is 0.667. The molecule has 1 unspecified atom stereocenters. The number of rotatable bonds is 4. The van der Waals surface area contributed by atoms with Crippen molar-refractivity contribution in [1.29, 1.82) is 5.26 Å². The summed E-state index contributed by atoms with van der Waals surface area (Å²) in [6.45, 7) is 3.61. The third kappa shape index (κ3) is 7.65. The van der Waals surface area contributed by atoms with Gasteiger partial charge in [-0.15, -0.1) is 25.3 Å². The number of aliphatic carboxylic acids is 1. The maximum absolute atomic E-state index is 10.7. The van der Waals surface area contributed by atoms with Gasteiger partial charge in [0.25, 0.3) is 0 Å². The number of carbonyl (C=O) groups is 1. The Labute approximate surface area is 107 Å². The van der Waals surface area contributed by atoms with Gasteiger partial charge in [-0.05, 0) is 12.8 Å². The van der Waals surface area contributed by atoms with Gasteiger partial charge in [0, 0.05) is 0 Å². The summed E-state index contributed by atoms with van der Waals surface area (Å²) in [6, 6.07) is 1.87. The van der Waals surface area contributed by atoms with E-state index in [-0.39, 0.29) is 0 Å². The highest BCUT2D eigenvalue weighted by atomic mass is 32.2. The lowest BCUT2D eigenvalue weighted by atomic mass is 9.82. The van der Waals surface area contributed by atoms with Gasteiger partial charge in [0.05, 0.1) is 9.60 Å². The Morgan fingerprint density at radius 1 is 1.53 bits per heavy atom. The molecule has 0 aliphatic carbocycles. The van der Waals surface area contributed by atoms with Crippen molar-refractivity contribution in [2.45, 2.75) is 33.1 Å². The Balaban J connectivity index is 0. The minimum atomic E-state index is -1.14. The molecule has 0 saturated heterocycles. The van der Waals surface area contributed by atoms with E-state index in [2.05, 4.69) is 37.5 Å². The normalized spacial score (nSPS) is 12.7. The molecular formula is C9H15NO2S3. The predicted molar refractivity (Wildman–Crippen MR) is 71.5 cm³/mol. The molecule has 0 aromatic heterocycles. The number of carboxylic acids is 1. The Bertz CT molecular complexity index is 259. The van der Waals surface area contributed by atoms with Crippen molar-refractivity contribution in [3.63, 3.8) is 0 Å². The lowest BCUT2D eigenvalue weighted by molar-refractivity contribution is -0.146. The molecule has 0 saturated carbocycles. The first-order valence-electron chi connectivity index (χ1n) is 4.42. The molecule has 0 bridgehead atoms. The largest absolute Gasteiger partial charge is 0.480 e. The summed E-state index contributed by atoms with van der Waals surface area (Å²) in [5.74, 6) is -0.996. The van der Waals surface area contributed by atoms with Crippen LogP contribution in [0.4, 0.5) is 0 Å². The van der Waals surface area contributed by atoms with E-state index < -0.39 is 11.4 Å². The van der Waals surface area contributed by atoms with Crippen LogP contribution in [-0.4, -0.2) is 14.6 Å². The molecule has 0 radical (unpaired) electrons. The molecular weight excluding hydrogens is 250 g/mol. The smallest absolute Gasteiger partial charge is 0.324 e. The van der Waals surface area contributed by atoms with E-state index in [1.807, 2.05) is 13.0 Å². The van der Waals surface area contributed by atoms with Gasteiger partial charge in [-0.25, -0.2) is 0 Å².